The summed E-state index contributed by atoms with van der Waals surface area (Å²) in [6.45, 7) is 3.91. The third kappa shape index (κ3) is 2.70. The summed E-state index contributed by atoms with van der Waals surface area (Å²) in [5.74, 6) is 0.572. The Bertz CT molecular complexity index is 1030. The summed E-state index contributed by atoms with van der Waals surface area (Å²) in [5, 5.41) is 17.0. The van der Waals surface area contributed by atoms with Crippen LogP contribution in [0.2, 0.25) is 0 Å². The number of rotatable bonds is 4. The Balaban J connectivity index is 1.61. The first-order valence-corrected chi connectivity index (χ1v) is 8.63. The van der Waals surface area contributed by atoms with Crippen molar-refractivity contribution >= 4 is 28.2 Å². The maximum atomic E-state index is 12.7. The molecular weight excluding hydrogens is 338 g/mol. The number of thiophene rings is 1. The number of nitrogens with zero attached hydrogens (tertiary/aromatic N) is 4. The molecule has 0 radical (unpaired) electrons. The largest absolute Gasteiger partial charge is 0.459 e. The van der Waals surface area contributed by atoms with Gasteiger partial charge in [-0.05, 0) is 41.8 Å². The molecule has 4 rings (SSSR count). The number of aromatic nitrogens is 4. The Morgan fingerprint density at radius 1 is 1.32 bits per heavy atom. The second kappa shape index (κ2) is 6.14. The lowest BCUT2D eigenvalue weighted by Gasteiger charge is -2.12. The van der Waals surface area contributed by atoms with Crippen LogP contribution < -0.4 is 5.32 Å². The number of hydrogen-bond acceptors (Lipinski definition) is 6. The lowest BCUT2D eigenvalue weighted by molar-refractivity contribution is 0.0939. The van der Waals surface area contributed by atoms with E-state index in [1.54, 1.807) is 0 Å². The minimum atomic E-state index is -0.260. The van der Waals surface area contributed by atoms with Crippen LogP contribution in [0.1, 0.15) is 34.0 Å². The highest BCUT2D eigenvalue weighted by molar-refractivity contribution is 7.12. The van der Waals surface area contributed by atoms with E-state index in [1.165, 1.54) is 22.3 Å². The number of tetrazole rings is 1. The van der Waals surface area contributed by atoms with Gasteiger partial charge < -0.3 is 9.73 Å². The van der Waals surface area contributed by atoms with Crippen molar-refractivity contribution in [3.63, 3.8) is 0 Å². The topological polar surface area (TPSA) is 85.8 Å². The number of furan rings is 1. The summed E-state index contributed by atoms with van der Waals surface area (Å²) in [6, 6.07) is 9.40. The SMILES string of the molecule is Cc1c(C(C)NC(=O)c2sccc2-n2cnnn2)oc2ccccc12. The Labute approximate surface area is 147 Å². The molecule has 0 aliphatic heterocycles. The van der Waals surface area contributed by atoms with Gasteiger partial charge in [0, 0.05) is 10.9 Å². The Morgan fingerprint density at radius 2 is 2.16 bits per heavy atom. The fraction of sp³-hybridized carbons (Fsp3) is 0.176. The van der Waals surface area contributed by atoms with Crippen LogP contribution in [0, 0.1) is 6.92 Å². The summed E-state index contributed by atoms with van der Waals surface area (Å²) in [4.78, 5) is 13.3. The van der Waals surface area contributed by atoms with Crippen molar-refractivity contribution < 1.29 is 9.21 Å². The summed E-state index contributed by atoms with van der Waals surface area (Å²) in [5.41, 5.74) is 2.51. The molecule has 8 heteroatoms. The van der Waals surface area contributed by atoms with Gasteiger partial charge >= 0.3 is 0 Å². The number of nitrogens with one attached hydrogen (secondary N) is 1. The van der Waals surface area contributed by atoms with Gasteiger partial charge in [0.25, 0.3) is 5.91 Å². The lowest BCUT2D eigenvalue weighted by Crippen LogP contribution is -2.27. The molecule has 0 saturated carbocycles. The number of benzene rings is 1. The molecule has 0 bridgehead atoms. The molecule has 7 nitrogen and oxygen atoms in total. The first kappa shape index (κ1) is 15.5. The van der Waals surface area contributed by atoms with E-state index in [1.807, 2.05) is 49.6 Å². The summed E-state index contributed by atoms with van der Waals surface area (Å²) in [7, 11) is 0. The molecule has 0 saturated heterocycles. The Morgan fingerprint density at radius 3 is 2.92 bits per heavy atom. The maximum absolute atomic E-state index is 12.7. The van der Waals surface area contributed by atoms with Crippen LogP contribution in [-0.2, 0) is 0 Å². The van der Waals surface area contributed by atoms with E-state index in [4.69, 9.17) is 4.42 Å². The molecule has 0 aliphatic carbocycles. The predicted octanol–water partition coefficient (Wildman–Crippen LogP) is 3.27. The molecule has 25 heavy (non-hydrogen) atoms. The highest BCUT2D eigenvalue weighted by atomic mass is 32.1. The molecule has 126 valence electrons. The smallest absolute Gasteiger partial charge is 0.264 e. The Hall–Kier alpha value is -3.00. The fourth-order valence-corrected chi connectivity index (χ4v) is 3.64. The fourth-order valence-electron chi connectivity index (χ4n) is 2.86. The zero-order valence-electron chi connectivity index (χ0n) is 13.6. The molecular formula is C17H15N5O2S. The monoisotopic (exact) mass is 353 g/mol. The van der Waals surface area contributed by atoms with E-state index in [0.29, 0.717) is 10.6 Å². The average Bonchev–Trinajstić information content (AvgIpc) is 3.34. The minimum Gasteiger partial charge on any atom is -0.459 e. The van der Waals surface area contributed by atoms with Gasteiger partial charge in [0.1, 0.15) is 22.5 Å². The normalized spacial score (nSPS) is 12.4. The quantitative estimate of drug-likeness (QED) is 0.608. The zero-order valence-corrected chi connectivity index (χ0v) is 14.4. The number of aryl methyl sites for hydroxylation is 1. The van der Waals surface area contributed by atoms with Crippen LogP contribution in [0.25, 0.3) is 16.7 Å². The molecule has 3 heterocycles. The van der Waals surface area contributed by atoms with Crippen LogP contribution in [0.5, 0.6) is 0 Å². The van der Waals surface area contributed by atoms with Crippen molar-refractivity contribution in [2.24, 2.45) is 0 Å². The lowest BCUT2D eigenvalue weighted by atomic mass is 10.1. The summed E-state index contributed by atoms with van der Waals surface area (Å²) in [6.07, 6.45) is 1.46. The molecule has 3 aromatic heterocycles. The zero-order chi connectivity index (χ0) is 17.4. The van der Waals surface area contributed by atoms with Gasteiger partial charge in [-0.1, -0.05) is 18.2 Å². The van der Waals surface area contributed by atoms with E-state index >= 15 is 0 Å². The third-order valence-corrected chi connectivity index (χ3v) is 4.97. The van der Waals surface area contributed by atoms with Gasteiger partial charge in [0.2, 0.25) is 0 Å². The van der Waals surface area contributed by atoms with Crippen molar-refractivity contribution in [2.45, 2.75) is 19.9 Å². The number of amides is 1. The second-order valence-corrected chi connectivity index (χ2v) is 6.59. The van der Waals surface area contributed by atoms with Crippen LogP contribution in [0.15, 0.2) is 46.5 Å². The number of hydrogen-bond donors (Lipinski definition) is 1. The third-order valence-electron chi connectivity index (χ3n) is 4.07. The van der Waals surface area contributed by atoms with Gasteiger partial charge in [0.05, 0.1) is 11.7 Å². The van der Waals surface area contributed by atoms with Gasteiger partial charge in [0.15, 0.2) is 0 Å². The van der Waals surface area contributed by atoms with Crippen LogP contribution in [0.4, 0.5) is 0 Å². The van der Waals surface area contributed by atoms with Gasteiger partial charge in [-0.15, -0.1) is 16.4 Å². The van der Waals surface area contributed by atoms with Crippen molar-refractivity contribution in [3.05, 3.63) is 58.2 Å². The molecule has 1 atom stereocenters. The molecule has 0 fully saturated rings. The van der Waals surface area contributed by atoms with Gasteiger partial charge in [-0.25, -0.2) is 0 Å². The average molecular weight is 353 g/mol. The van der Waals surface area contributed by atoms with Crippen molar-refractivity contribution in [2.75, 3.05) is 0 Å². The molecule has 0 spiro atoms. The number of carbonyl (C=O) groups is 1. The Kier molecular flexibility index (Phi) is 3.81. The molecule has 1 unspecified atom stereocenters. The minimum absolute atomic E-state index is 0.187. The number of fused-ring (bicyclic) bond motifs is 1. The molecule has 1 N–H and O–H groups in total. The standard InChI is InChI=1S/C17H15N5O2S/c1-10-12-5-3-4-6-14(12)24-15(10)11(2)19-17(23)16-13(7-8-25-16)22-9-18-20-21-22/h3-9,11H,1-2H3,(H,19,23). The van der Waals surface area contributed by atoms with Crippen LogP contribution in [0.3, 0.4) is 0 Å². The highest BCUT2D eigenvalue weighted by Crippen LogP contribution is 2.30. The van der Waals surface area contributed by atoms with E-state index in [2.05, 4.69) is 20.8 Å². The number of carbonyl (C=O) groups excluding carboxylic acids is 1. The maximum Gasteiger partial charge on any atom is 0.264 e. The molecule has 4 aromatic rings. The molecule has 0 aliphatic rings. The van der Waals surface area contributed by atoms with Crippen LogP contribution in [-0.4, -0.2) is 26.1 Å². The van der Waals surface area contributed by atoms with Crippen LogP contribution >= 0.6 is 11.3 Å². The van der Waals surface area contributed by atoms with Crippen molar-refractivity contribution in [1.29, 1.82) is 0 Å². The predicted molar refractivity (Wildman–Crippen MR) is 93.9 cm³/mol. The first-order valence-electron chi connectivity index (χ1n) is 7.75. The highest BCUT2D eigenvalue weighted by Gasteiger charge is 2.21. The first-order chi connectivity index (χ1) is 12.1. The van der Waals surface area contributed by atoms with E-state index in [9.17, 15) is 4.79 Å². The van der Waals surface area contributed by atoms with E-state index in [0.717, 1.165) is 22.3 Å². The van der Waals surface area contributed by atoms with Crippen molar-refractivity contribution in [3.8, 4) is 5.69 Å². The summed E-state index contributed by atoms with van der Waals surface area (Å²) >= 11 is 1.34. The van der Waals surface area contributed by atoms with E-state index < -0.39 is 0 Å². The second-order valence-electron chi connectivity index (χ2n) is 5.67. The van der Waals surface area contributed by atoms with Crippen molar-refractivity contribution in [1.82, 2.24) is 25.5 Å². The van der Waals surface area contributed by atoms with E-state index in [-0.39, 0.29) is 11.9 Å². The van der Waals surface area contributed by atoms with Gasteiger partial charge in [-0.2, -0.15) is 4.68 Å². The molecule has 1 amide bonds. The molecule has 1 aromatic carbocycles. The summed E-state index contributed by atoms with van der Waals surface area (Å²) < 4.78 is 7.41. The van der Waals surface area contributed by atoms with Gasteiger partial charge in [-0.3, -0.25) is 4.79 Å². The number of para-hydroxylation sites is 1.